The molecule has 2 fully saturated rings. The van der Waals surface area contributed by atoms with Gasteiger partial charge in [-0.15, -0.1) is 0 Å². The largest absolute Gasteiger partial charge is 0.394 e. The molecule has 1 aromatic rings. The number of aliphatic hydroxyl groups excluding tert-OH is 1. The van der Waals surface area contributed by atoms with Gasteiger partial charge in [-0.2, -0.15) is 0 Å². The maximum Gasteiger partial charge on any atom is 0.0611 e. The number of benzene rings is 1. The molecule has 1 aromatic carbocycles. The van der Waals surface area contributed by atoms with E-state index in [0.29, 0.717) is 28.8 Å². The van der Waals surface area contributed by atoms with Gasteiger partial charge in [0.05, 0.1) is 19.3 Å². The van der Waals surface area contributed by atoms with Crippen LogP contribution in [0.25, 0.3) is 0 Å². The van der Waals surface area contributed by atoms with Gasteiger partial charge in [0.25, 0.3) is 0 Å². The highest BCUT2D eigenvalue weighted by Crippen LogP contribution is 2.47. The van der Waals surface area contributed by atoms with E-state index in [9.17, 15) is 5.11 Å². The molecule has 0 amide bonds. The van der Waals surface area contributed by atoms with Crippen molar-refractivity contribution in [1.82, 2.24) is 0 Å². The van der Waals surface area contributed by atoms with Crippen molar-refractivity contribution in [3.05, 3.63) is 34.9 Å². The van der Waals surface area contributed by atoms with Crippen molar-refractivity contribution in [2.24, 2.45) is 22.5 Å². The van der Waals surface area contributed by atoms with E-state index in [-0.39, 0.29) is 12.1 Å². The third kappa shape index (κ3) is 5.11. The Morgan fingerprint density at radius 2 is 1.77 bits per heavy atom. The molecule has 0 saturated heterocycles. The summed E-state index contributed by atoms with van der Waals surface area (Å²) in [5, 5.41) is 9.58. The Bertz CT molecular complexity index is 739. The molecule has 168 valence electrons. The number of aliphatic hydroxyl groups is 1. The van der Waals surface area contributed by atoms with Crippen molar-refractivity contribution < 1.29 is 9.84 Å². The number of fused-ring (bicyclic) bond motifs is 1. The second-order valence-electron chi connectivity index (χ2n) is 12.5. The van der Waals surface area contributed by atoms with Gasteiger partial charge in [0.2, 0.25) is 0 Å². The first-order valence-electron chi connectivity index (χ1n) is 12.2. The SMILES string of the molecule is CC1(C)CC(OC[C@@H]2CCc3cc([C@H]4CC[C@](N)(CO)C4)ccc3C2)CC(C)(C)C1. The van der Waals surface area contributed by atoms with Gasteiger partial charge < -0.3 is 15.6 Å². The molecule has 0 radical (unpaired) electrons. The van der Waals surface area contributed by atoms with Crippen LogP contribution in [-0.2, 0) is 17.6 Å². The van der Waals surface area contributed by atoms with Crippen molar-refractivity contribution in [3.63, 3.8) is 0 Å². The van der Waals surface area contributed by atoms with Crippen molar-refractivity contribution in [3.8, 4) is 0 Å². The van der Waals surface area contributed by atoms with Crippen LogP contribution in [0.5, 0.6) is 0 Å². The Morgan fingerprint density at radius 1 is 1.03 bits per heavy atom. The number of rotatable bonds is 5. The molecular formula is C27H43NO2. The normalized spacial score (nSPS) is 33.4. The topological polar surface area (TPSA) is 55.5 Å². The van der Waals surface area contributed by atoms with Gasteiger partial charge in [-0.1, -0.05) is 45.9 Å². The van der Waals surface area contributed by atoms with Gasteiger partial charge in [-0.25, -0.2) is 0 Å². The van der Waals surface area contributed by atoms with E-state index in [2.05, 4.69) is 45.9 Å². The summed E-state index contributed by atoms with van der Waals surface area (Å²) in [4.78, 5) is 0. The lowest BCUT2D eigenvalue weighted by atomic mass is 9.64. The molecule has 0 spiro atoms. The number of hydrogen-bond acceptors (Lipinski definition) is 3. The van der Waals surface area contributed by atoms with Gasteiger partial charge in [0.1, 0.15) is 0 Å². The van der Waals surface area contributed by atoms with Crippen molar-refractivity contribution >= 4 is 0 Å². The van der Waals surface area contributed by atoms with Gasteiger partial charge in [-0.05, 0) is 97.1 Å². The monoisotopic (exact) mass is 413 g/mol. The average Bonchev–Trinajstić information content (AvgIpc) is 3.06. The van der Waals surface area contributed by atoms with Crippen LogP contribution in [0.3, 0.4) is 0 Å². The lowest BCUT2D eigenvalue weighted by molar-refractivity contribution is -0.0604. The summed E-state index contributed by atoms with van der Waals surface area (Å²) >= 11 is 0. The summed E-state index contributed by atoms with van der Waals surface area (Å²) in [6.07, 6.45) is 10.6. The number of aryl methyl sites for hydroxylation is 1. The van der Waals surface area contributed by atoms with Crippen LogP contribution in [0, 0.1) is 16.7 Å². The molecule has 2 saturated carbocycles. The van der Waals surface area contributed by atoms with Crippen molar-refractivity contribution in [2.75, 3.05) is 13.2 Å². The van der Waals surface area contributed by atoms with E-state index in [0.717, 1.165) is 32.3 Å². The van der Waals surface area contributed by atoms with Gasteiger partial charge in [-0.3, -0.25) is 0 Å². The summed E-state index contributed by atoms with van der Waals surface area (Å²) in [7, 11) is 0. The number of ether oxygens (including phenoxy) is 1. The Hall–Kier alpha value is -0.900. The van der Waals surface area contributed by atoms with Crippen LogP contribution in [0.2, 0.25) is 0 Å². The van der Waals surface area contributed by atoms with E-state index in [1.165, 1.54) is 48.8 Å². The molecule has 4 rings (SSSR count). The fourth-order valence-corrected chi connectivity index (χ4v) is 6.97. The van der Waals surface area contributed by atoms with E-state index in [1.54, 1.807) is 0 Å². The third-order valence-corrected chi connectivity index (χ3v) is 8.08. The first kappa shape index (κ1) is 22.3. The van der Waals surface area contributed by atoms with Crippen LogP contribution in [0.4, 0.5) is 0 Å². The van der Waals surface area contributed by atoms with Gasteiger partial charge in [0, 0.05) is 5.54 Å². The molecular weight excluding hydrogens is 370 g/mol. The fraction of sp³-hybridized carbons (Fsp3) is 0.778. The standard InChI is InChI=1S/C27H43NO2/c1-25(2)14-24(15-26(3,4)17-25)30-16-19-5-6-21-12-22(8-7-20(21)11-19)23-9-10-27(28,13-23)18-29/h7-8,12,19,23-24,29H,5-6,9-11,13-18,28H2,1-4H3/t19-,23+,27-/m1/s1. The van der Waals surface area contributed by atoms with Crippen LogP contribution in [-0.4, -0.2) is 30.0 Å². The predicted octanol–water partition coefficient (Wildman–Crippen LogP) is 5.37. The zero-order valence-corrected chi connectivity index (χ0v) is 19.7. The zero-order chi connectivity index (χ0) is 21.6. The van der Waals surface area contributed by atoms with Gasteiger partial charge >= 0.3 is 0 Å². The first-order valence-corrected chi connectivity index (χ1v) is 12.2. The Labute approximate surface area is 183 Å². The summed E-state index contributed by atoms with van der Waals surface area (Å²) in [6, 6.07) is 7.12. The molecule has 0 bridgehead atoms. The summed E-state index contributed by atoms with van der Waals surface area (Å²) in [6.45, 7) is 10.6. The van der Waals surface area contributed by atoms with E-state index < -0.39 is 0 Å². The Kier molecular flexibility index (Phi) is 6.11. The molecule has 3 atom stereocenters. The average molecular weight is 414 g/mol. The molecule has 0 aliphatic heterocycles. The Morgan fingerprint density at radius 3 is 2.43 bits per heavy atom. The predicted molar refractivity (Wildman–Crippen MR) is 124 cm³/mol. The number of hydrogen-bond donors (Lipinski definition) is 2. The summed E-state index contributed by atoms with van der Waals surface area (Å²) < 4.78 is 6.51. The molecule has 3 heteroatoms. The highest BCUT2D eigenvalue weighted by atomic mass is 16.5. The molecule has 3 aliphatic carbocycles. The highest BCUT2D eigenvalue weighted by molar-refractivity contribution is 5.36. The second kappa shape index (κ2) is 8.22. The summed E-state index contributed by atoms with van der Waals surface area (Å²) in [5.74, 6) is 1.15. The van der Waals surface area contributed by atoms with Gasteiger partial charge in [0.15, 0.2) is 0 Å². The van der Waals surface area contributed by atoms with Crippen molar-refractivity contribution in [1.29, 1.82) is 0 Å². The van der Waals surface area contributed by atoms with Crippen LogP contribution in [0.1, 0.15) is 95.2 Å². The summed E-state index contributed by atoms with van der Waals surface area (Å²) in [5.41, 5.74) is 11.2. The maximum atomic E-state index is 9.58. The molecule has 3 aliphatic rings. The zero-order valence-electron chi connectivity index (χ0n) is 19.7. The minimum Gasteiger partial charge on any atom is -0.394 e. The second-order valence-corrected chi connectivity index (χ2v) is 12.5. The Balaban J connectivity index is 1.33. The van der Waals surface area contributed by atoms with Crippen LogP contribution >= 0.6 is 0 Å². The third-order valence-electron chi connectivity index (χ3n) is 8.08. The lowest BCUT2D eigenvalue weighted by Gasteiger charge is -2.45. The van der Waals surface area contributed by atoms with Crippen LogP contribution in [0.15, 0.2) is 18.2 Å². The molecule has 0 unspecified atom stereocenters. The minimum absolute atomic E-state index is 0.103. The van der Waals surface area contributed by atoms with E-state index in [1.807, 2.05) is 0 Å². The lowest BCUT2D eigenvalue weighted by Crippen LogP contribution is -2.40. The molecule has 0 heterocycles. The molecule has 0 aromatic heterocycles. The van der Waals surface area contributed by atoms with Crippen LogP contribution < -0.4 is 5.73 Å². The quantitative estimate of drug-likeness (QED) is 0.682. The van der Waals surface area contributed by atoms with E-state index in [4.69, 9.17) is 10.5 Å². The van der Waals surface area contributed by atoms with Crippen molar-refractivity contribution in [2.45, 2.75) is 103 Å². The minimum atomic E-state index is -0.370. The first-order chi connectivity index (χ1) is 14.1. The number of nitrogens with two attached hydrogens (primary N) is 1. The molecule has 3 N–H and O–H groups in total. The fourth-order valence-electron chi connectivity index (χ4n) is 6.97. The van der Waals surface area contributed by atoms with E-state index >= 15 is 0 Å². The highest BCUT2D eigenvalue weighted by Gasteiger charge is 2.39. The smallest absolute Gasteiger partial charge is 0.0611 e. The molecule has 3 nitrogen and oxygen atoms in total. The maximum absolute atomic E-state index is 9.58. The molecule has 30 heavy (non-hydrogen) atoms.